The molecule has 1 aromatic rings. The van der Waals surface area contributed by atoms with E-state index in [0.29, 0.717) is 12.5 Å². The fourth-order valence-electron chi connectivity index (χ4n) is 2.63. The van der Waals surface area contributed by atoms with E-state index >= 15 is 0 Å². The highest BCUT2D eigenvalue weighted by Gasteiger charge is 2.32. The number of β-amino-alcohol motifs (C(OH)–C–C–N with tert-alkyl or cyclic N) is 1. The summed E-state index contributed by atoms with van der Waals surface area (Å²) in [5.41, 5.74) is 1.80. The Morgan fingerprint density at radius 3 is 2.80 bits per heavy atom. The minimum atomic E-state index is -0.592. The second-order valence-electron chi connectivity index (χ2n) is 6.47. The molecule has 0 spiro atoms. The van der Waals surface area contributed by atoms with Gasteiger partial charge in [0.15, 0.2) is 0 Å². The lowest BCUT2D eigenvalue weighted by molar-refractivity contribution is 0.0839. The van der Waals surface area contributed by atoms with E-state index in [0.717, 1.165) is 36.8 Å². The van der Waals surface area contributed by atoms with Crippen molar-refractivity contribution in [3.05, 3.63) is 28.8 Å². The van der Waals surface area contributed by atoms with Gasteiger partial charge in [0.05, 0.1) is 5.60 Å². The summed E-state index contributed by atoms with van der Waals surface area (Å²) in [5, 5.41) is 14.4. The maximum Gasteiger partial charge on any atom is 0.0810 e. The van der Waals surface area contributed by atoms with E-state index in [1.807, 2.05) is 19.1 Å². The predicted molar refractivity (Wildman–Crippen MR) is 85.5 cm³/mol. The van der Waals surface area contributed by atoms with Crippen molar-refractivity contribution in [3.63, 3.8) is 0 Å². The molecule has 0 saturated carbocycles. The van der Waals surface area contributed by atoms with Crippen molar-refractivity contribution in [3.8, 4) is 0 Å². The third-order valence-corrected chi connectivity index (χ3v) is 3.94. The maximum atomic E-state index is 10.1. The van der Waals surface area contributed by atoms with Gasteiger partial charge in [-0.25, -0.2) is 0 Å². The van der Waals surface area contributed by atoms with Gasteiger partial charge in [-0.15, -0.1) is 0 Å². The maximum absolute atomic E-state index is 10.1. The van der Waals surface area contributed by atoms with Crippen LogP contribution in [0.4, 0.5) is 5.69 Å². The monoisotopic (exact) mass is 296 g/mol. The van der Waals surface area contributed by atoms with Crippen LogP contribution in [-0.4, -0.2) is 30.3 Å². The Labute approximate surface area is 126 Å². The van der Waals surface area contributed by atoms with E-state index in [2.05, 4.69) is 30.1 Å². The molecule has 1 aliphatic heterocycles. The second-order valence-corrected chi connectivity index (χ2v) is 6.90. The Balaban J connectivity index is 2.12. The van der Waals surface area contributed by atoms with E-state index < -0.39 is 5.60 Å². The molecule has 0 radical (unpaired) electrons. The van der Waals surface area contributed by atoms with Crippen LogP contribution in [0.2, 0.25) is 5.02 Å². The molecule has 4 heteroatoms. The summed E-state index contributed by atoms with van der Waals surface area (Å²) in [6.45, 7) is 9.69. The van der Waals surface area contributed by atoms with E-state index in [1.165, 1.54) is 5.56 Å². The van der Waals surface area contributed by atoms with E-state index in [9.17, 15) is 5.11 Å². The predicted octanol–water partition coefficient (Wildman–Crippen LogP) is 3.05. The zero-order valence-electron chi connectivity index (χ0n) is 12.6. The Hall–Kier alpha value is -0.770. The molecule has 20 heavy (non-hydrogen) atoms. The van der Waals surface area contributed by atoms with Crippen LogP contribution in [0.15, 0.2) is 18.2 Å². The molecule has 0 aliphatic carbocycles. The normalized spacial score (nSPS) is 22.8. The van der Waals surface area contributed by atoms with Crippen molar-refractivity contribution in [2.24, 2.45) is 5.92 Å². The molecule has 1 heterocycles. The zero-order valence-corrected chi connectivity index (χ0v) is 13.4. The number of aliphatic hydroxyl groups is 1. The van der Waals surface area contributed by atoms with Gasteiger partial charge in [-0.2, -0.15) is 0 Å². The minimum Gasteiger partial charge on any atom is -0.388 e. The topological polar surface area (TPSA) is 35.5 Å². The van der Waals surface area contributed by atoms with Crippen LogP contribution in [0.25, 0.3) is 0 Å². The third-order valence-electron chi connectivity index (χ3n) is 3.71. The Morgan fingerprint density at radius 2 is 2.20 bits per heavy atom. The largest absolute Gasteiger partial charge is 0.388 e. The molecule has 2 N–H and O–H groups in total. The number of anilines is 1. The van der Waals surface area contributed by atoms with Crippen LogP contribution in [0.1, 0.15) is 32.8 Å². The smallest absolute Gasteiger partial charge is 0.0810 e. The van der Waals surface area contributed by atoms with Gasteiger partial charge in [0.2, 0.25) is 0 Å². The summed E-state index contributed by atoms with van der Waals surface area (Å²) in [5.74, 6) is 0.637. The highest BCUT2D eigenvalue weighted by Crippen LogP contribution is 2.31. The van der Waals surface area contributed by atoms with Gasteiger partial charge in [-0.1, -0.05) is 31.5 Å². The van der Waals surface area contributed by atoms with Gasteiger partial charge in [-0.3, -0.25) is 0 Å². The van der Waals surface area contributed by atoms with Crippen LogP contribution in [0, 0.1) is 5.92 Å². The average molecular weight is 297 g/mol. The Bertz CT molecular complexity index is 460. The lowest BCUT2D eigenvalue weighted by Gasteiger charge is -2.24. The quantitative estimate of drug-likeness (QED) is 0.877. The van der Waals surface area contributed by atoms with Gasteiger partial charge in [0, 0.05) is 30.3 Å². The number of hydrogen-bond donors (Lipinski definition) is 2. The first kappa shape index (κ1) is 15.6. The molecule has 1 fully saturated rings. The number of nitrogens with one attached hydrogen (secondary N) is 1. The van der Waals surface area contributed by atoms with E-state index in [4.69, 9.17) is 11.6 Å². The molecule has 2 rings (SSSR count). The van der Waals surface area contributed by atoms with Crippen molar-refractivity contribution in [1.82, 2.24) is 5.32 Å². The van der Waals surface area contributed by atoms with Crippen LogP contribution >= 0.6 is 11.6 Å². The van der Waals surface area contributed by atoms with Crippen molar-refractivity contribution in [2.45, 2.75) is 39.3 Å². The number of rotatable bonds is 5. The molecule has 1 saturated heterocycles. The Morgan fingerprint density at radius 1 is 1.45 bits per heavy atom. The molecule has 112 valence electrons. The molecular formula is C16H25ClN2O. The molecular weight excluding hydrogens is 272 g/mol. The number of hydrogen-bond acceptors (Lipinski definition) is 3. The van der Waals surface area contributed by atoms with Gasteiger partial charge in [0.25, 0.3) is 0 Å². The number of halogens is 1. The summed E-state index contributed by atoms with van der Waals surface area (Å²) in [6, 6.07) is 6.03. The SMILES string of the molecule is CC(C)CNCc1ccc(Cl)cc1N1CCC(C)(O)C1. The summed E-state index contributed by atoms with van der Waals surface area (Å²) in [7, 11) is 0. The molecule has 0 amide bonds. The lowest BCUT2D eigenvalue weighted by atomic mass is 10.1. The molecule has 0 bridgehead atoms. The van der Waals surface area contributed by atoms with Crippen molar-refractivity contribution >= 4 is 17.3 Å². The molecule has 1 atom stereocenters. The number of benzene rings is 1. The first-order valence-corrected chi connectivity index (χ1v) is 7.72. The zero-order chi connectivity index (χ0) is 14.8. The minimum absolute atomic E-state index is 0.592. The summed E-state index contributed by atoms with van der Waals surface area (Å²) in [6.07, 6.45) is 0.804. The lowest BCUT2D eigenvalue weighted by Crippen LogP contribution is -2.30. The van der Waals surface area contributed by atoms with Gasteiger partial charge < -0.3 is 15.3 Å². The van der Waals surface area contributed by atoms with Gasteiger partial charge in [0.1, 0.15) is 0 Å². The highest BCUT2D eigenvalue weighted by molar-refractivity contribution is 6.30. The molecule has 1 aliphatic rings. The van der Waals surface area contributed by atoms with Gasteiger partial charge >= 0.3 is 0 Å². The van der Waals surface area contributed by atoms with Gasteiger partial charge in [-0.05, 0) is 43.5 Å². The van der Waals surface area contributed by atoms with Crippen molar-refractivity contribution in [1.29, 1.82) is 0 Å². The Kier molecular flexibility index (Phi) is 4.95. The molecule has 1 aromatic carbocycles. The highest BCUT2D eigenvalue weighted by atomic mass is 35.5. The fraction of sp³-hybridized carbons (Fsp3) is 0.625. The summed E-state index contributed by atoms with van der Waals surface area (Å²) >= 11 is 6.14. The summed E-state index contributed by atoms with van der Waals surface area (Å²) in [4.78, 5) is 2.23. The number of nitrogens with zero attached hydrogens (tertiary/aromatic N) is 1. The van der Waals surface area contributed by atoms with Crippen molar-refractivity contribution < 1.29 is 5.11 Å². The second kappa shape index (κ2) is 6.33. The average Bonchev–Trinajstić information content (AvgIpc) is 2.71. The van der Waals surface area contributed by atoms with E-state index in [1.54, 1.807) is 0 Å². The van der Waals surface area contributed by atoms with Crippen LogP contribution in [-0.2, 0) is 6.54 Å². The van der Waals surface area contributed by atoms with Crippen LogP contribution < -0.4 is 10.2 Å². The first-order chi connectivity index (χ1) is 9.37. The van der Waals surface area contributed by atoms with Crippen LogP contribution in [0.5, 0.6) is 0 Å². The first-order valence-electron chi connectivity index (χ1n) is 7.34. The molecule has 3 nitrogen and oxygen atoms in total. The van der Waals surface area contributed by atoms with Crippen LogP contribution in [0.3, 0.4) is 0 Å². The third kappa shape index (κ3) is 4.11. The molecule has 1 unspecified atom stereocenters. The van der Waals surface area contributed by atoms with Crippen molar-refractivity contribution in [2.75, 3.05) is 24.5 Å². The standard InChI is InChI=1S/C16H25ClN2O/c1-12(2)9-18-10-13-4-5-14(17)8-15(13)19-7-6-16(3,20)11-19/h4-5,8,12,18,20H,6-7,9-11H2,1-3H3. The fourth-order valence-corrected chi connectivity index (χ4v) is 2.79. The summed E-state index contributed by atoms with van der Waals surface area (Å²) < 4.78 is 0. The van der Waals surface area contributed by atoms with E-state index in [-0.39, 0.29) is 0 Å². The molecule has 0 aromatic heterocycles.